The standard InChI is InChI=1S/C18H36N2O2/c1-13(2)15(20-16(21)22-17(3,4)5)12-19-14-8-10-18(6,7)11-9-14/h13-15,19H,8-12H2,1-7H3,(H,20,21). The van der Waals surface area contributed by atoms with Gasteiger partial charge in [0.2, 0.25) is 0 Å². The van der Waals surface area contributed by atoms with Gasteiger partial charge < -0.3 is 15.4 Å². The highest BCUT2D eigenvalue weighted by Gasteiger charge is 2.28. The van der Waals surface area contributed by atoms with E-state index in [1.54, 1.807) is 0 Å². The van der Waals surface area contributed by atoms with E-state index in [0.717, 1.165) is 6.54 Å². The minimum absolute atomic E-state index is 0.102. The molecule has 0 aromatic rings. The van der Waals surface area contributed by atoms with Crippen LogP contribution in [0.4, 0.5) is 4.79 Å². The first-order chi connectivity index (χ1) is 9.98. The molecule has 1 rings (SSSR count). The second-order valence-corrected chi connectivity index (χ2v) is 8.84. The number of amides is 1. The number of rotatable bonds is 5. The van der Waals surface area contributed by atoms with Gasteiger partial charge in [-0.15, -0.1) is 0 Å². The van der Waals surface area contributed by atoms with Crippen LogP contribution in [-0.2, 0) is 4.74 Å². The molecule has 0 heterocycles. The lowest BCUT2D eigenvalue weighted by atomic mass is 9.75. The molecule has 2 N–H and O–H groups in total. The third-order valence-corrected chi connectivity index (χ3v) is 4.47. The van der Waals surface area contributed by atoms with E-state index in [0.29, 0.717) is 17.4 Å². The third kappa shape index (κ3) is 7.48. The zero-order valence-corrected chi connectivity index (χ0v) is 15.6. The van der Waals surface area contributed by atoms with Crippen LogP contribution in [0.1, 0.15) is 74.1 Å². The van der Waals surface area contributed by atoms with Crippen LogP contribution in [0, 0.1) is 11.3 Å². The molecule has 4 nitrogen and oxygen atoms in total. The molecule has 1 fully saturated rings. The lowest BCUT2D eigenvalue weighted by Gasteiger charge is -2.36. The Morgan fingerprint density at radius 2 is 1.77 bits per heavy atom. The van der Waals surface area contributed by atoms with Crippen LogP contribution in [0.5, 0.6) is 0 Å². The summed E-state index contributed by atoms with van der Waals surface area (Å²) in [6, 6.07) is 0.680. The van der Waals surface area contributed by atoms with Gasteiger partial charge in [0.05, 0.1) is 0 Å². The molecule has 0 aromatic heterocycles. The minimum atomic E-state index is -0.450. The van der Waals surface area contributed by atoms with Crippen molar-refractivity contribution in [3.05, 3.63) is 0 Å². The molecule has 0 radical (unpaired) electrons. The SMILES string of the molecule is CC(C)C(CNC1CCC(C)(C)CC1)NC(=O)OC(C)(C)C. The summed E-state index contributed by atoms with van der Waals surface area (Å²) in [5.74, 6) is 0.375. The first-order valence-electron chi connectivity index (χ1n) is 8.71. The third-order valence-electron chi connectivity index (χ3n) is 4.47. The molecular weight excluding hydrogens is 276 g/mol. The van der Waals surface area contributed by atoms with Gasteiger partial charge in [-0.05, 0) is 57.8 Å². The van der Waals surface area contributed by atoms with Crippen LogP contribution in [0.3, 0.4) is 0 Å². The van der Waals surface area contributed by atoms with Crippen molar-refractivity contribution in [1.82, 2.24) is 10.6 Å². The van der Waals surface area contributed by atoms with Crippen molar-refractivity contribution in [2.75, 3.05) is 6.54 Å². The van der Waals surface area contributed by atoms with Crippen LogP contribution >= 0.6 is 0 Å². The van der Waals surface area contributed by atoms with Gasteiger partial charge >= 0.3 is 6.09 Å². The fourth-order valence-corrected chi connectivity index (χ4v) is 2.81. The predicted octanol–water partition coefficient (Wildman–Crippen LogP) is 4.09. The molecule has 1 atom stereocenters. The van der Waals surface area contributed by atoms with E-state index in [2.05, 4.69) is 38.3 Å². The fourth-order valence-electron chi connectivity index (χ4n) is 2.81. The van der Waals surface area contributed by atoms with Crippen LogP contribution in [0.2, 0.25) is 0 Å². The van der Waals surface area contributed by atoms with E-state index in [-0.39, 0.29) is 12.1 Å². The van der Waals surface area contributed by atoms with Gasteiger partial charge in [0.25, 0.3) is 0 Å². The number of alkyl carbamates (subject to hydrolysis) is 1. The summed E-state index contributed by atoms with van der Waals surface area (Å²) in [7, 11) is 0. The van der Waals surface area contributed by atoms with Gasteiger partial charge in [0.1, 0.15) is 5.60 Å². The molecule has 1 aliphatic carbocycles. The molecule has 0 aliphatic heterocycles. The number of ether oxygens (including phenoxy) is 1. The Hall–Kier alpha value is -0.770. The first-order valence-corrected chi connectivity index (χ1v) is 8.71. The monoisotopic (exact) mass is 312 g/mol. The number of nitrogens with one attached hydrogen (secondary N) is 2. The Labute approximate surface area is 136 Å². The summed E-state index contributed by atoms with van der Waals surface area (Å²) < 4.78 is 5.36. The summed E-state index contributed by atoms with van der Waals surface area (Å²) >= 11 is 0. The number of hydrogen-bond donors (Lipinski definition) is 2. The van der Waals surface area contributed by atoms with Crippen molar-refractivity contribution in [2.45, 2.75) is 91.8 Å². The molecule has 22 heavy (non-hydrogen) atoms. The molecule has 1 aliphatic rings. The molecule has 1 amide bonds. The van der Waals surface area contributed by atoms with Crippen molar-refractivity contribution in [3.8, 4) is 0 Å². The molecule has 0 bridgehead atoms. The molecule has 1 unspecified atom stereocenters. The van der Waals surface area contributed by atoms with Crippen molar-refractivity contribution in [1.29, 1.82) is 0 Å². The molecular formula is C18H36N2O2. The lowest BCUT2D eigenvalue weighted by molar-refractivity contribution is 0.0488. The molecule has 130 valence electrons. The van der Waals surface area contributed by atoms with Crippen LogP contribution in [-0.4, -0.2) is 30.3 Å². The summed E-state index contributed by atoms with van der Waals surface area (Å²) in [5.41, 5.74) is 0.0401. The maximum atomic E-state index is 11.9. The molecule has 0 spiro atoms. The maximum absolute atomic E-state index is 11.9. The van der Waals surface area contributed by atoms with E-state index in [1.807, 2.05) is 20.8 Å². The highest BCUT2D eigenvalue weighted by molar-refractivity contribution is 5.68. The quantitative estimate of drug-likeness (QED) is 0.803. The topological polar surface area (TPSA) is 50.4 Å². The largest absolute Gasteiger partial charge is 0.444 e. The van der Waals surface area contributed by atoms with Crippen molar-refractivity contribution in [3.63, 3.8) is 0 Å². The van der Waals surface area contributed by atoms with Gasteiger partial charge in [-0.3, -0.25) is 0 Å². The summed E-state index contributed by atoms with van der Waals surface area (Å²) in [4.78, 5) is 11.9. The van der Waals surface area contributed by atoms with Crippen LogP contribution in [0.15, 0.2) is 0 Å². The van der Waals surface area contributed by atoms with Crippen LogP contribution in [0.25, 0.3) is 0 Å². The van der Waals surface area contributed by atoms with E-state index in [4.69, 9.17) is 4.74 Å². The minimum Gasteiger partial charge on any atom is -0.444 e. The normalized spacial score (nSPS) is 20.7. The predicted molar refractivity (Wildman–Crippen MR) is 92.0 cm³/mol. The first kappa shape index (κ1) is 19.3. The van der Waals surface area contributed by atoms with Crippen molar-refractivity contribution < 1.29 is 9.53 Å². The fraction of sp³-hybridized carbons (Fsp3) is 0.944. The van der Waals surface area contributed by atoms with E-state index in [9.17, 15) is 4.79 Å². The van der Waals surface area contributed by atoms with Gasteiger partial charge in [0.15, 0.2) is 0 Å². The number of hydrogen-bond acceptors (Lipinski definition) is 3. The van der Waals surface area contributed by atoms with E-state index in [1.165, 1.54) is 25.7 Å². The molecule has 0 aromatic carbocycles. The van der Waals surface area contributed by atoms with Gasteiger partial charge in [0, 0.05) is 18.6 Å². The Bertz CT molecular complexity index is 349. The average Bonchev–Trinajstić information content (AvgIpc) is 2.33. The summed E-state index contributed by atoms with van der Waals surface area (Å²) in [6.45, 7) is 15.4. The highest BCUT2D eigenvalue weighted by atomic mass is 16.6. The Morgan fingerprint density at radius 1 is 1.23 bits per heavy atom. The number of carbonyl (C=O) groups is 1. The Balaban J connectivity index is 2.40. The van der Waals surface area contributed by atoms with Gasteiger partial charge in [-0.2, -0.15) is 0 Å². The van der Waals surface area contributed by atoms with Crippen LogP contribution < -0.4 is 10.6 Å². The molecule has 4 heteroatoms. The lowest BCUT2D eigenvalue weighted by Crippen LogP contribution is -2.49. The number of carbonyl (C=O) groups excluding carboxylic acids is 1. The average molecular weight is 312 g/mol. The summed E-state index contributed by atoms with van der Waals surface area (Å²) in [5, 5.41) is 6.64. The second-order valence-electron chi connectivity index (χ2n) is 8.84. The summed E-state index contributed by atoms with van der Waals surface area (Å²) in [6.07, 6.45) is 4.68. The Kier molecular flexibility index (Phi) is 6.72. The van der Waals surface area contributed by atoms with Crippen molar-refractivity contribution in [2.24, 2.45) is 11.3 Å². The van der Waals surface area contributed by atoms with E-state index >= 15 is 0 Å². The van der Waals surface area contributed by atoms with E-state index < -0.39 is 5.60 Å². The van der Waals surface area contributed by atoms with Crippen molar-refractivity contribution >= 4 is 6.09 Å². The smallest absolute Gasteiger partial charge is 0.407 e. The second kappa shape index (κ2) is 7.67. The Morgan fingerprint density at radius 3 is 2.23 bits per heavy atom. The highest BCUT2D eigenvalue weighted by Crippen LogP contribution is 2.34. The van der Waals surface area contributed by atoms with Gasteiger partial charge in [-0.1, -0.05) is 27.7 Å². The zero-order chi connectivity index (χ0) is 17.0. The molecule has 0 saturated heterocycles. The maximum Gasteiger partial charge on any atom is 0.407 e. The molecule has 1 saturated carbocycles. The van der Waals surface area contributed by atoms with Gasteiger partial charge in [-0.25, -0.2) is 4.79 Å². The zero-order valence-electron chi connectivity index (χ0n) is 15.6.